The predicted molar refractivity (Wildman–Crippen MR) is 196 cm³/mol. The SMILES string of the molecule is COc1ccc([Si](C)(C)[C@@H]2[C@@H](CCn3cc(CCO)nn3)O[C@]3(C(=O)N(Cc4ccc(N5CCCC5=O)cc4)c4ccc(Cl)cc43)[C@H]2C)cc1. The van der Waals surface area contributed by atoms with Crippen molar-refractivity contribution in [3.05, 3.63) is 94.8 Å². The maximum absolute atomic E-state index is 15.1. The van der Waals surface area contributed by atoms with Crippen LogP contribution in [0.1, 0.15) is 43.0 Å². The van der Waals surface area contributed by atoms with E-state index in [4.69, 9.17) is 21.1 Å². The zero-order valence-corrected chi connectivity index (χ0v) is 30.8. The molecule has 12 heteroatoms. The number of aliphatic hydroxyl groups is 1. The summed E-state index contributed by atoms with van der Waals surface area (Å²) in [4.78, 5) is 31.1. The lowest BCUT2D eigenvalue weighted by Crippen LogP contribution is -2.51. The summed E-state index contributed by atoms with van der Waals surface area (Å²) < 4.78 is 14.5. The minimum Gasteiger partial charge on any atom is -0.497 e. The molecule has 1 spiro atoms. The van der Waals surface area contributed by atoms with Crippen LogP contribution in [0.4, 0.5) is 11.4 Å². The number of amides is 2. The second kappa shape index (κ2) is 13.6. The van der Waals surface area contributed by atoms with Crippen molar-refractivity contribution in [3.8, 4) is 5.75 Å². The molecule has 262 valence electrons. The van der Waals surface area contributed by atoms with E-state index in [1.165, 1.54) is 5.19 Å². The summed E-state index contributed by atoms with van der Waals surface area (Å²) in [6.07, 6.45) is 4.13. The zero-order chi connectivity index (χ0) is 35.2. The molecule has 2 fully saturated rings. The van der Waals surface area contributed by atoms with Gasteiger partial charge >= 0.3 is 0 Å². The molecule has 50 heavy (non-hydrogen) atoms. The monoisotopic (exact) mass is 713 g/mol. The Bertz CT molecular complexity index is 1880. The van der Waals surface area contributed by atoms with Gasteiger partial charge in [-0.05, 0) is 66.4 Å². The number of aromatic nitrogens is 3. The Labute approximate surface area is 298 Å². The van der Waals surface area contributed by atoms with Crippen LogP contribution in [-0.2, 0) is 39.4 Å². The summed E-state index contributed by atoms with van der Waals surface area (Å²) in [6.45, 7) is 8.56. The van der Waals surface area contributed by atoms with E-state index >= 15 is 4.79 Å². The minimum absolute atomic E-state index is 0.0109. The predicted octanol–water partition coefficient (Wildman–Crippen LogP) is 5.45. The van der Waals surface area contributed by atoms with Crippen molar-refractivity contribution in [2.75, 3.05) is 30.1 Å². The van der Waals surface area contributed by atoms with Gasteiger partial charge in [-0.2, -0.15) is 0 Å². The minimum atomic E-state index is -2.33. The Balaban J connectivity index is 1.25. The quantitative estimate of drug-likeness (QED) is 0.206. The first kappa shape index (κ1) is 34.4. The Morgan fingerprint density at radius 3 is 2.52 bits per heavy atom. The van der Waals surface area contributed by atoms with Crippen LogP contribution in [0.2, 0.25) is 23.7 Å². The number of methoxy groups -OCH3 is 1. The number of hydrogen-bond acceptors (Lipinski definition) is 7. The van der Waals surface area contributed by atoms with Crippen molar-refractivity contribution >= 4 is 48.1 Å². The molecule has 3 aliphatic rings. The van der Waals surface area contributed by atoms with Gasteiger partial charge in [-0.1, -0.05) is 66.3 Å². The highest BCUT2D eigenvalue weighted by atomic mass is 35.5. The van der Waals surface area contributed by atoms with E-state index in [1.54, 1.807) is 11.8 Å². The number of aliphatic hydroxyl groups excluding tert-OH is 1. The van der Waals surface area contributed by atoms with Gasteiger partial charge in [-0.15, -0.1) is 5.10 Å². The smallest absolute Gasteiger partial charge is 0.264 e. The molecule has 0 saturated carbocycles. The summed E-state index contributed by atoms with van der Waals surface area (Å²) in [5, 5.41) is 19.7. The van der Waals surface area contributed by atoms with Crippen molar-refractivity contribution in [1.29, 1.82) is 0 Å². The molecule has 2 amide bonds. The first-order chi connectivity index (χ1) is 24.1. The molecule has 0 aliphatic carbocycles. The number of nitrogens with zero attached hydrogens (tertiary/aromatic N) is 5. The lowest BCUT2D eigenvalue weighted by Gasteiger charge is -2.37. The summed E-state index contributed by atoms with van der Waals surface area (Å²) in [5.41, 5.74) is 3.02. The Morgan fingerprint density at radius 1 is 1.08 bits per heavy atom. The molecule has 0 radical (unpaired) electrons. The van der Waals surface area contributed by atoms with Crippen molar-refractivity contribution in [1.82, 2.24) is 15.0 Å². The Hall–Kier alpha value is -4.03. The van der Waals surface area contributed by atoms with Crippen LogP contribution in [0.15, 0.2) is 72.9 Å². The van der Waals surface area contributed by atoms with Crippen molar-refractivity contribution in [2.45, 2.75) is 76.0 Å². The maximum Gasteiger partial charge on any atom is 0.264 e. The van der Waals surface area contributed by atoms with Crippen LogP contribution in [0, 0.1) is 5.92 Å². The molecule has 3 aromatic carbocycles. The fourth-order valence-corrected chi connectivity index (χ4v) is 12.8. The fraction of sp³-hybridized carbons (Fsp3) is 0.421. The number of carbonyl (C=O) groups is 2. The average molecular weight is 714 g/mol. The highest BCUT2D eigenvalue weighted by Crippen LogP contribution is 2.60. The third kappa shape index (κ3) is 5.93. The van der Waals surface area contributed by atoms with E-state index in [2.05, 4.69) is 42.5 Å². The highest BCUT2D eigenvalue weighted by Gasteiger charge is 2.66. The van der Waals surface area contributed by atoms with Crippen LogP contribution < -0.4 is 19.7 Å². The largest absolute Gasteiger partial charge is 0.497 e. The number of halogens is 1. The topological polar surface area (TPSA) is 110 Å². The molecular weight excluding hydrogens is 670 g/mol. The van der Waals surface area contributed by atoms with Crippen LogP contribution >= 0.6 is 11.6 Å². The molecular formula is C38H44ClN5O5Si. The Kier molecular flexibility index (Phi) is 9.36. The molecule has 2 saturated heterocycles. The number of rotatable bonds is 11. The molecule has 1 aromatic heterocycles. The number of fused-ring (bicyclic) bond motifs is 2. The van der Waals surface area contributed by atoms with Crippen LogP contribution in [0.3, 0.4) is 0 Å². The molecule has 3 aliphatic heterocycles. The van der Waals surface area contributed by atoms with E-state index < -0.39 is 13.7 Å². The van der Waals surface area contributed by atoms with Gasteiger partial charge in [0.15, 0.2) is 5.60 Å². The number of anilines is 2. The maximum atomic E-state index is 15.1. The number of carbonyl (C=O) groups excluding carboxylic acids is 2. The molecule has 0 bridgehead atoms. The summed E-state index contributed by atoms with van der Waals surface area (Å²) >= 11 is 6.68. The van der Waals surface area contributed by atoms with Gasteiger partial charge in [-0.3, -0.25) is 14.3 Å². The molecule has 0 unspecified atom stereocenters. The summed E-state index contributed by atoms with van der Waals surface area (Å²) in [7, 11) is -0.658. The molecule has 4 aromatic rings. The second-order valence-corrected chi connectivity index (χ2v) is 19.4. The van der Waals surface area contributed by atoms with Gasteiger partial charge in [0.25, 0.3) is 5.91 Å². The normalized spacial score (nSPS) is 23.4. The molecule has 10 nitrogen and oxygen atoms in total. The highest BCUT2D eigenvalue weighted by molar-refractivity contribution is 6.91. The number of aryl methyl sites for hydroxylation is 1. The first-order valence-electron chi connectivity index (χ1n) is 17.4. The van der Waals surface area contributed by atoms with Gasteiger partial charge in [-0.25, -0.2) is 0 Å². The second-order valence-electron chi connectivity index (χ2n) is 14.3. The zero-order valence-electron chi connectivity index (χ0n) is 29.0. The molecule has 1 N–H and O–H groups in total. The third-order valence-electron chi connectivity index (χ3n) is 11.1. The van der Waals surface area contributed by atoms with Gasteiger partial charge in [0.2, 0.25) is 5.91 Å². The van der Waals surface area contributed by atoms with E-state index in [-0.39, 0.29) is 36.0 Å². The van der Waals surface area contributed by atoms with Gasteiger partial charge in [0.1, 0.15) is 5.75 Å². The molecule has 4 heterocycles. The summed E-state index contributed by atoms with van der Waals surface area (Å²) in [5.74, 6) is 0.693. The van der Waals surface area contributed by atoms with Gasteiger partial charge < -0.3 is 24.4 Å². The first-order valence-corrected chi connectivity index (χ1v) is 20.9. The van der Waals surface area contributed by atoms with Crippen LogP contribution in [0.5, 0.6) is 5.75 Å². The third-order valence-corrected chi connectivity index (χ3v) is 15.7. The summed E-state index contributed by atoms with van der Waals surface area (Å²) in [6, 6.07) is 22.0. The van der Waals surface area contributed by atoms with Crippen LogP contribution in [0.25, 0.3) is 0 Å². The van der Waals surface area contributed by atoms with E-state index in [0.29, 0.717) is 37.4 Å². The Morgan fingerprint density at radius 2 is 1.84 bits per heavy atom. The van der Waals surface area contributed by atoms with Gasteiger partial charge in [0, 0.05) is 60.9 Å². The lowest BCUT2D eigenvalue weighted by molar-refractivity contribution is -0.146. The van der Waals surface area contributed by atoms with Crippen LogP contribution in [-0.4, -0.2) is 66.4 Å². The molecule has 4 atom stereocenters. The van der Waals surface area contributed by atoms with E-state index in [9.17, 15) is 9.90 Å². The number of hydrogen-bond donors (Lipinski definition) is 1. The van der Waals surface area contributed by atoms with Crippen molar-refractivity contribution < 1.29 is 24.2 Å². The average Bonchev–Trinajstić information content (AvgIpc) is 3.87. The fourth-order valence-electron chi connectivity index (χ4n) is 8.53. The number of benzene rings is 3. The standard InChI is InChI=1S/C38H44ClN5O5Si/c1-25-36(50(3,4)31-14-12-30(48-2)13-15-31)34(17-20-42-24-28(18-21-45)40-41-42)49-38(25)32-22-27(39)9-16-33(32)44(37(38)47)23-26-7-10-29(11-8-26)43-19-5-6-35(43)46/h7-16,22,24-25,34,36,45H,5-6,17-21,23H2,1-4H3/t25-,34+,36-,38+/m0/s1. The van der Waals surface area contributed by atoms with E-state index in [1.807, 2.05) is 70.6 Å². The van der Waals surface area contributed by atoms with Crippen molar-refractivity contribution in [3.63, 3.8) is 0 Å². The number of ether oxygens (including phenoxy) is 2. The van der Waals surface area contributed by atoms with Gasteiger partial charge in [0.05, 0.1) is 39.2 Å². The lowest BCUT2D eigenvalue weighted by atomic mass is 9.82. The molecule has 7 rings (SSSR count). The van der Waals surface area contributed by atoms with Crippen molar-refractivity contribution in [2.24, 2.45) is 5.92 Å². The van der Waals surface area contributed by atoms with E-state index in [0.717, 1.165) is 46.9 Å².